The van der Waals surface area contributed by atoms with Crippen LogP contribution < -0.4 is 0 Å². The number of aromatic nitrogens is 2. The highest BCUT2D eigenvalue weighted by Gasteiger charge is 2.23. The van der Waals surface area contributed by atoms with Gasteiger partial charge in [0.05, 0.1) is 5.92 Å². The maximum absolute atomic E-state index is 4.55. The minimum atomic E-state index is 0.130. The van der Waals surface area contributed by atoms with Gasteiger partial charge in [-0.05, 0) is 39.8 Å². The van der Waals surface area contributed by atoms with Crippen LogP contribution in [-0.4, -0.2) is 9.97 Å². The SMILES string of the molecule is c1ccc(C(c2ccc3c(c2)Cc2ccccc2-3)c2ncc[nH]2)cc1. The highest BCUT2D eigenvalue weighted by Crippen LogP contribution is 2.39. The van der Waals surface area contributed by atoms with Crippen LogP contribution in [0.25, 0.3) is 11.1 Å². The molecule has 0 spiro atoms. The number of imidazole rings is 1. The van der Waals surface area contributed by atoms with E-state index in [1.165, 1.54) is 33.4 Å². The van der Waals surface area contributed by atoms with Gasteiger partial charge in [-0.25, -0.2) is 4.98 Å². The second kappa shape index (κ2) is 5.75. The number of aromatic amines is 1. The van der Waals surface area contributed by atoms with Crippen LogP contribution in [0.4, 0.5) is 0 Å². The van der Waals surface area contributed by atoms with E-state index in [2.05, 4.69) is 82.8 Å². The van der Waals surface area contributed by atoms with Crippen LogP contribution in [0, 0.1) is 0 Å². The first kappa shape index (κ1) is 14.2. The van der Waals surface area contributed by atoms with E-state index in [4.69, 9.17) is 0 Å². The van der Waals surface area contributed by atoms with Crippen molar-refractivity contribution in [2.24, 2.45) is 0 Å². The second-order valence-electron chi connectivity index (χ2n) is 6.57. The third-order valence-electron chi connectivity index (χ3n) is 5.08. The molecule has 0 amide bonds. The average Bonchev–Trinajstić information content (AvgIpc) is 3.30. The Hall–Kier alpha value is -3.13. The van der Waals surface area contributed by atoms with Crippen molar-refractivity contribution >= 4 is 0 Å². The topological polar surface area (TPSA) is 28.7 Å². The van der Waals surface area contributed by atoms with Crippen molar-refractivity contribution < 1.29 is 0 Å². The third kappa shape index (κ3) is 2.38. The zero-order valence-electron chi connectivity index (χ0n) is 13.8. The van der Waals surface area contributed by atoms with Crippen LogP contribution in [0.2, 0.25) is 0 Å². The molecular weight excluding hydrogens is 304 g/mol. The van der Waals surface area contributed by atoms with Gasteiger partial charge in [0, 0.05) is 12.4 Å². The molecule has 0 saturated carbocycles. The maximum Gasteiger partial charge on any atom is 0.118 e. The number of H-pyrrole nitrogens is 1. The maximum atomic E-state index is 4.55. The Kier molecular flexibility index (Phi) is 3.27. The smallest absolute Gasteiger partial charge is 0.118 e. The van der Waals surface area contributed by atoms with Gasteiger partial charge in [0.2, 0.25) is 0 Å². The van der Waals surface area contributed by atoms with E-state index in [0.717, 1.165) is 12.2 Å². The summed E-state index contributed by atoms with van der Waals surface area (Å²) in [6, 6.07) is 26.2. The highest BCUT2D eigenvalue weighted by molar-refractivity contribution is 5.77. The van der Waals surface area contributed by atoms with Crippen molar-refractivity contribution in [1.82, 2.24) is 9.97 Å². The fourth-order valence-electron chi connectivity index (χ4n) is 3.93. The molecule has 1 aliphatic rings. The van der Waals surface area contributed by atoms with Crippen molar-refractivity contribution in [3.05, 3.63) is 113 Å². The summed E-state index contributed by atoms with van der Waals surface area (Å²) in [5.41, 5.74) is 8.11. The largest absolute Gasteiger partial charge is 0.348 e. The molecule has 120 valence electrons. The molecule has 0 radical (unpaired) electrons. The summed E-state index contributed by atoms with van der Waals surface area (Å²) in [6.45, 7) is 0. The minimum Gasteiger partial charge on any atom is -0.348 e. The van der Waals surface area contributed by atoms with Gasteiger partial charge in [-0.15, -0.1) is 0 Å². The molecular formula is C23H18N2. The van der Waals surface area contributed by atoms with Gasteiger partial charge in [0.25, 0.3) is 0 Å². The molecule has 0 bridgehead atoms. The Bertz CT molecular complexity index is 1020. The molecule has 1 aliphatic carbocycles. The lowest BCUT2D eigenvalue weighted by Crippen LogP contribution is -2.06. The molecule has 2 heteroatoms. The molecule has 0 aliphatic heterocycles. The van der Waals surface area contributed by atoms with Gasteiger partial charge in [-0.1, -0.05) is 72.8 Å². The van der Waals surface area contributed by atoms with Gasteiger partial charge in [0.1, 0.15) is 5.82 Å². The minimum absolute atomic E-state index is 0.130. The standard InChI is InChI=1S/C23H18N2/c1-2-6-16(7-3-1)22(23-24-12-13-25-23)18-10-11-21-19(15-18)14-17-8-4-5-9-20(17)21/h1-13,15,22H,14H2,(H,24,25). The lowest BCUT2D eigenvalue weighted by molar-refractivity contribution is 0.882. The number of rotatable bonds is 3. The number of benzene rings is 3. The third-order valence-corrected chi connectivity index (χ3v) is 5.08. The summed E-state index contributed by atoms with van der Waals surface area (Å²) in [4.78, 5) is 7.85. The molecule has 25 heavy (non-hydrogen) atoms. The molecule has 1 N–H and O–H groups in total. The Labute approximate surface area is 147 Å². The zero-order valence-corrected chi connectivity index (χ0v) is 13.8. The number of hydrogen-bond donors (Lipinski definition) is 1. The van der Waals surface area contributed by atoms with Crippen molar-refractivity contribution in [2.45, 2.75) is 12.3 Å². The molecule has 1 aromatic heterocycles. The molecule has 5 rings (SSSR count). The van der Waals surface area contributed by atoms with Crippen LogP contribution in [0.3, 0.4) is 0 Å². The van der Waals surface area contributed by atoms with E-state index in [-0.39, 0.29) is 5.92 Å². The van der Waals surface area contributed by atoms with Crippen LogP contribution in [0.15, 0.2) is 85.2 Å². The van der Waals surface area contributed by atoms with E-state index in [1.54, 1.807) is 0 Å². The molecule has 1 heterocycles. The predicted octanol–water partition coefficient (Wildman–Crippen LogP) is 5.16. The molecule has 0 saturated heterocycles. The Morgan fingerprint density at radius 1 is 0.760 bits per heavy atom. The van der Waals surface area contributed by atoms with Crippen molar-refractivity contribution in [3.8, 4) is 11.1 Å². The summed E-state index contributed by atoms with van der Waals surface area (Å²) >= 11 is 0. The number of nitrogens with zero attached hydrogens (tertiary/aromatic N) is 1. The van der Waals surface area contributed by atoms with Crippen molar-refractivity contribution in [3.63, 3.8) is 0 Å². The Morgan fingerprint density at radius 3 is 2.40 bits per heavy atom. The van der Waals surface area contributed by atoms with E-state index in [9.17, 15) is 0 Å². The van der Waals surface area contributed by atoms with E-state index >= 15 is 0 Å². The molecule has 0 fully saturated rings. The van der Waals surface area contributed by atoms with Crippen LogP contribution >= 0.6 is 0 Å². The second-order valence-corrected chi connectivity index (χ2v) is 6.57. The first-order valence-corrected chi connectivity index (χ1v) is 8.65. The average molecular weight is 322 g/mol. The van der Waals surface area contributed by atoms with Crippen LogP contribution in [0.1, 0.15) is 34.0 Å². The monoisotopic (exact) mass is 322 g/mol. The molecule has 3 aromatic carbocycles. The fourth-order valence-corrected chi connectivity index (χ4v) is 3.93. The number of nitrogens with one attached hydrogen (secondary N) is 1. The normalized spacial score (nSPS) is 13.3. The van der Waals surface area contributed by atoms with E-state index in [1.807, 2.05) is 12.4 Å². The zero-order chi connectivity index (χ0) is 16.6. The van der Waals surface area contributed by atoms with Crippen molar-refractivity contribution in [1.29, 1.82) is 0 Å². The summed E-state index contributed by atoms with van der Waals surface area (Å²) < 4.78 is 0. The molecule has 1 atom stereocenters. The fraction of sp³-hybridized carbons (Fsp3) is 0.0870. The Morgan fingerprint density at radius 2 is 1.56 bits per heavy atom. The summed E-state index contributed by atoms with van der Waals surface area (Å²) in [7, 11) is 0. The van der Waals surface area contributed by atoms with Gasteiger partial charge in [-0.3, -0.25) is 0 Å². The summed E-state index contributed by atoms with van der Waals surface area (Å²) in [5.74, 6) is 1.12. The molecule has 2 nitrogen and oxygen atoms in total. The summed E-state index contributed by atoms with van der Waals surface area (Å²) in [5, 5.41) is 0. The van der Waals surface area contributed by atoms with Gasteiger partial charge in [0.15, 0.2) is 0 Å². The number of hydrogen-bond acceptors (Lipinski definition) is 1. The quantitative estimate of drug-likeness (QED) is 0.488. The molecule has 4 aromatic rings. The van der Waals surface area contributed by atoms with Gasteiger partial charge in [-0.2, -0.15) is 0 Å². The van der Waals surface area contributed by atoms with Crippen molar-refractivity contribution in [2.75, 3.05) is 0 Å². The van der Waals surface area contributed by atoms with Crippen LogP contribution in [-0.2, 0) is 6.42 Å². The lowest BCUT2D eigenvalue weighted by atomic mass is 9.88. The van der Waals surface area contributed by atoms with E-state index in [0.29, 0.717) is 0 Å². The van der Waals surface area contributed by atoms with E-state index < -0.39 is 0 Å². The lowest BCUT2D eigenvalue weighted by Gasteiger charge is -2.17. The van der Waals surface area contributed by atoms with Gasteiger partial charge >= 0.3 is 0 Å². The number of fused-ring (bicyclic) bond motifs is 3. The first-order valence-electron chi connectivity index (χ1n) is 8.65. The predicted molar refractivity (Wildman–Crippen MR) is 101 cm³/mol. The summed E-state index contributed by atoms with van der Waals surface area (Å²) in [6.07, 6.45) is 4.74. The van der Waals surface area contributed by atoms with Crippen LogP contribution in [0.5, 0.6) is 0 Å². The molecule has 1 unspecified atom stereocenters. The van der Waals surface area contributed by atoms with Gasteiger partial charge < -0.3 is 4.98 Å². The first-order chi connectivity index (χ1) is 12.4. The Balaban J connectivity index is 1.63. The highest BCUT2D eigenvalue weighted by atomic mass is 14.9.